The molecule has 0 radical (unpaired) electrons. The van der Waals surface area contributed by atoms with Crippen LogP contribution in [0.1, 0.15) is 15.9 Å². The summed E-state index contributed by atoms with van der Waals surface area (Å²) in [6, 6.07) is 37.3. The normalized spacial score (nSPS) is 10.8. The third kappa shape index (κ3) is 4.81. The molecule has 0 N–H and O–H groups in total. The Bertz CT molecular complexity index is 1070. The van der Waals surface area contributed by atoms with Gasteiger partial charge in [-0.3, -0.25) is 0 Å². The van der Waals surface area contributed by atoms with E-state index in [1.165, 1.54) is 23.0 Å². The molecule has 0 fully saturated rings. The minimum atomic E-state index is -2.12. The maximum atomic E-state index is 12.6. The molecule has 2 nitrogen and oxygen atoms in total. The highest BCUT2D eigenvalue weighted by atomic mass is 79.9. The number of methoxy groups -OCH3 is 1. The molecule has 4 aromatic carbocycles. The number of ether oxygens (including phenoxy) is 1. The van der Waals surface area contributed by atoms with Crippen molar-refractivity contribution in [3.8, 4) is 0 Å². The second-order valence-electron chi connectivity index (χ2n) is 7.27. The third-order valence-corrected chi connectivity index (χ3v) is 10.1. The van der Waals surface area contributed by atoms with Gasteiger partial charge in [-0.1, -0.05) is 72.3 Å². The van der Waals surface area contributed by atoms with Gasteiger partial charge in [0.2, 0.25) is 0 Å². The molecule has 0 unspecified atom stereocenters. The SMILES string of the molecule is Br.COC(=O)c1cc(Cl)ccc1C[P+](c1ccccc1)(c1ccccc1)c1ccccc1. The smallest absolute Gasteiger partial charge is 0.338 e. The van der Waals surface area contributed by atoms with Crippen LogP contribution in [-0.4, -0.2) is 13.1 Å². The van der Waals surface area contributed by atoms with Gasteiger partial charge < -0.3 is 4.74 Å². The van der Waals surface area contributed by atoms with Crippen molar-refractivity contribution >= 4 is 57.7 Å². The maximum Gasteiger partial charge on any atom is 0.338 e. The van der Waals surface area contributed by atoms with Crippen molar-refractivity contribution in [1.82, 2.24) is 0 Å². The molecule has 0 amide bonds. The van der Waals surface area contributed by atoms with E-state index in [-0.39, 0.29) is 23.0 Å². The van der Waals surface area contributed by atoms with Gasteiger partial charge in [0, 0.05) is 10.6 Å². The minimum Gasteiger partial charge on any atom is -0.465 e. The van der Waals surface area contributed by atoms with Gasteiger partial charge >= 0.3 is 5.97 Å². The summed E-state index contributed by atoms with van der Waals surface area (Å²) < 4.78 is 5.08. The highest BCUT2D eigenvalue weighted by Crippen LogP contribution is 2.58. The minimum absolute atomic E-state index is 0. The Hall–Kier alpha value is -2.45. The molecule has 0 heterocycles. The van der Waals surface area contributed by atoms with Gasteiger partial charge in [0.25, 0.3) is 0 Å². The van der Waals surface area contributed by atoms with Crippen molar-refractivity contribution in [3.63, 3.8) is 0 Å². The van der Waals surface area contributed by atoms with E-state index in [9.17, 15) is 4.79 Å². The Morgan fingerprint density at radius 3 is 1.59 bits per heavy atom. The van der Waals surface area contributed by atoms with E-state index in [1.807, 2.05) is 30.3 Å². The molecule has 5 heteroatoms. The molecule has 0 atom stereocenters. The number of rotatable bonds is 6. The molecule has 0 spiro atoms. The molecule has 0 saturated carbocycles. The lowest BCUT2D eigenvalue weighted by atomic mass is 10.1. The van der Waals surface area contributed by atoms with Gasteiger partial charge in [0.1, 0.15) is 23.2 Å². The number of carbonyl (C=O) groups is 1. The number of hydrogen-bond acceptors (Lipinski definition) is 2. The molecule has 0 aromatic heterocycles. The Morgan fingerprint density at radius 2 is 1.19 bits per heavy atom. The van der Waals surface area contributed by atoms with Crippen molar-refractivity contribution in [1.29, 1.82) is 0 Å². The van der Waals surface area contributed by atoms with Crippen LogP contribution in [0.5, 0.6) is 0 Å². The van der Waals surface area contributed by atoms with Crippen molar-refractivity contribution < 1.29 is 9.53 Å². The van der Waals surface area contributed by atoms with E-state index in [0.29, 0.717) is 16.7 Å². The average molecular weight is 527 g/mol. The summed E-state index contributed by atoms with van der Waals surface area (Å²) in [6.07, 6.45) is 0.687. The Labute approximate surface area is 205 Å². The highest BCUT2D eigenvalue weighted by Gasteiger charge is 2.46. The highest BCUT2D eigenvalue weighted by molar-refractivity contribution is 8.93. The average Bonchev–Trinajstić information content (AvgIpc) is 2.84. The third-order valence-electron chi connectivity index (χ3n) is 5.48. The summed E-state index contributed by atoms with van der Waals surface area (Å²) in [6.45, 7) is 0. The lowest BCUT2D eigenvalue weighted by Gasteiger charge is -2.28. The summed E-state index contributed by atoms with van der Waals surface area (Å²) in [5, 5.41) is 4.31. The predicted octanol–water partition coefficient (Wildman–Crippen LogP) is 6.20. The first-order valence-corrected chi connectivity index (χ1v) is 12.4. The van der Waals surface area contributed by atoms with Crippen LogP contribution in [-0.2, 0) is 10.9 Å². The monoisotopic (exact) mass is 525 g/mol. The lowest BCUT2D eigenvalue weighted by Crippen LogP contribution is -2.32. The first kappa shape index (κ1) is 24.2. The second-order valence-corrected chi connectivity index (χ2v) is 11.2. The molecule has 4 rings (SSSR count). The van der Waals surface area contributed by atoms with Crippen molar-refractivity contribution in [2.45, 2.75) is 6.16 Å². The Morgan fingerprint density at radius 1 is 0.750 bits per heavy atom. The summed E-state index contributed by atoms with van der Waals surface area (Å²) in [5.41, 5.74) is 1.45. The number of halogens is 2. The molecule has 0 aliphatic carbocycles. The van der Waals surface area contributed by atoms with Gasteiger partial charge in [-0.15, -0.1) is 17.0 Å². The lowest BCUT2D eigenvalue weighted by molar-refractivity contribution is 0.0600. The van der Waals surface area contributed by atoms with E-state index in [1.54, 1.807) is 6.07 Å². The largest absolute Gasteiger partial charge is 0.465 e. The second kappa shape index (κ2) is 10.9. The van der Waals surface area contributed by atoms with Crippen LogP contribution in [0.2, 0.25) is 5.02 Å². The first-order chi connectivity index (χ1) is 15.1. The molecule has 0 aliphatic heterocycles. The summed E-state index contributed by atoms with van der Waals surface area (Å²) in [5.74, 6) is -0.371. The van der Waals surface area contributed by atoms with Crippen LogP contribution in [0.4, 0.5) is 0 Å². The van der Waals surface area contributed by atoms with Gasteiger partial charge in [0.15, 0.2) is 0 Å². The van der Waals surface area contributed by atoms with Crippen LogP contribution in [0.15, 0.2) is 109 Å². The topological polar surface area (TPSA) is 26.3 Å². The van der Waals surface area contributed by atoms with Crippen LogP contribution in [0.3, 0.4) is 0 Å². The van der Waals surface area contributed by atoms with Crippen LogP contribution in [0.25, 0.3) is 0 Å². The number of hydrogen-bond donors (Lipinski definition) is 0. The quantitative estimate of drug-likeness (QED) is 0.221. The van der Waals surface area contributed by atoms with E-state index < -0.39 is 7.26 Å². The first-order valence-electron chi connectivity index (χ1n) is 10.1. The molecule has 32 heavy (non-hydrogen) atoms. The van der Waals surface area contributed by atoms with Gasteiger partial charge in [-0.05, 0) is 48.5 Å². The van der Waals surface area contributed by atoms with Crippen LogP contribution >= 0.6 is 35.8 Å². The molecule has 4 aromatic rings. The molecule has 0 saturated heterocycles. The van der Waals surface area contributed by atoms with E-state index in [2.05, 4.69) is 72.8 Å². The Kier molecular flexibility index (Phi) is 8.26. The molecular formula is C27H24BrClO2P+. The standard InChI is InChI=1S/C27H23ClO2P.BrH/c1-30-27(29)26-19-22(28)18-17-21(26)20-31(23-11-5-2-6-12-23,24-13-7-3-8-14-24)25-15-9-4-10-16-25;/h2-19H,20H2,1H3;1H/q+1;. The number of carbonyl (C=O) groups excluding carboxylic acids is 1. The van der Waals surface area contributed by atoms with E-state index in [0.717, 1.165) is 5.56 Å². The molecule has 0 bridgehead atoms. The van der Waals surface area contributed by atoms with Gasteiger partial charge in [-0.2, -0.15) is 0 Å². The number of esters is 1. The summed E-state index contributed by atoms with van der Waals surface area (Å²) in [4.78, 5) is 12.6. The van der Waals surface area contributed by atoms with Crippen molar-refractivity contribution in [2.75, 3.05) is 7.11 Å². The van der Waals surface area contributed by atoms with Crippen molar-refractivity contribution in [3.05, 3.63) is 125 Å². The molecular weight excluding hydrogens is 503 g/mol. The summed E-state index contributed by atoms with van der Waals surface area (Å²) in [7, 11) is -0.714. The van der Waals surface area contributed by atoms with Crippen LogP contribution in [0, 0.1) is 0 Å². The van der Waals surface area contributed by atoms with E-state index in [4.69, 9.17) is 16.3 Å². The number of benzene rings is 4. The van der Waals surface area contributed by atoms with Crippen LogP contribution < -0.4 is 15.9 Å². The van der Waals surface area contributed by atoms with Gasteiger partial charge in [-0.25, -0.2) is 4.79 Å². The molecule has 0 aliphatic rings. The zero-order valence-corrected chi connectivity index (χ0v) is 21.0. The summed E-state index contributed by atoms with van der Waals surface area (Å²) >= 11 is 6.24. The maximum absolute atomic E-state index is 12.6. The molecule has 162 valence electrons. The fourth-order valence-electron chi connectivity index (χ4n) is 4.01. The van der Waals surface area contributed by atoms with Crippen molar-refractivity contribution in [2.24, 2.45) is 0 Å². The predicted molar refractivity (Wildman–Crippen MR) is 142 cm³/mol. The fourth-order valence-corrected chi connectivity index (χ4v) is 8.45. The van der Waals surface area contributed by atoms with E-state index >= 15 is 0 Å². The Balaban J connectivity index is 0.00000289. The fraction of sp³-hybridized carbons (Fsp3) is 0.0741. The zero-order chi connectivity index (χ0) is 21.7. The zero-order valence-electron chi connectivity index (χ0n) is 17.6. The van der Waals surface area contributed by atoms with Gasteiger partial charge in [0.05, 0.1) is 18.8 Å².